The predicted octanol–water partition coefficient (Wildman–Crippen LogP) is 1.23. The van der Waals surface area contributed by atoms with Gasteiger partial charge >= 0.3 is 0 Å². The maximum absolute atomic E-state index is 5.41. The van der Waals surface area contributed by atoms with Crippen LogP contribution in [0.15, 0.2) is 6.20 Å². The highest BCUT2D eigenvalue weighted by molar-refractivity contribution is 8.14. The van der Waals surface area contributed by atoms with Gasteiger partial charge in [-0.2, -0.15) is 11.1 Å². The topological polar surface area (TPSA) is 39.9 Å². The van der Waals surface area contributed by atoms with Crippen LogP contribution in [0.3, 0.4) is 0 Å². The second-order valence-electron chi connectivity index (χ2n) is 3.34. The molecule has 0 bridgehead atoms. The van der Waals surface area contributed by atoms with Gasteiger partial charge in [-0.1, -0.05) is 5.21 Å². The van der Waals surface area contributed by atoms with Crippen molar-refractivity contribution in [2.45, 2.75) is 26.6 Å². The van der Waals surface area contributed by atoms with Gasteiger partial charge in [-0.15, -0.1) is 5.10 Å². The Labute approximate surface area is 81.8 Å². The van der Waals surface area contributed by atoms with Crippen molar-refractivity contribution in [2.24, 2.45) is 0 Å². The molecule has 0 aliphatic rings. The molecule has 1 aromatic rings. The minimum absolute atomic E-state index is 0.213. The first-order chi connectivity index (χ1) is 6.09. The summed E-state index contributed by atoms with van der Waals surface area (Å²) < 4.78 is 7.31. The van der Waals surface area contributed by atoms with Crippen LogP contribution >= 0.6 is 11.1 Å². The largest absolute Gasteiger partial charge is 0.372 e. The average molecular weight is 203 g/mol. The van der Waals surface area contributed by atoms with Crippen LogP contribution < -0.4 is 0 Å². The first-order valence-electron chi connectivity index (χ1n) is 4.30. The summed E-state index contributed by atoms with van der Waals surface area (Å²) in [6.45, 7) is 4.58. The van der Waals surface area contributed by atoms with E-state index in [2.05, 4.69) is 22.8 Å². The summed E-state index contributed by atoms with van der Waals surface area (Å²) in [5.74, 6) is 0. The lowest BCUT2D eigenvalue weighted by Gasteiger charge is -2.06. The molecule has 0 saturated heterocycles. The van der Waals surface area contributed by atoms with Crippen molar-refractivity contribution in [3.63, 3.8) is 0 Å². The van der Waals surface area contributed by atoms with Gasteiger partial charge in [-0.3, -0.25) is 0 Å². The normalized spacial score (nSPS) is 12.2. The molecule has 0 radical (unpaired) electrons. The molecule has 1 rings (SSSR count). The standard InChI is InChI=1S/C8H17N3OS/c1-7(2)12-6-8-5-11(10-9-8)13(3)4/h5,7,13H,6H2,1-4H3. The zero-order valence-electron chi connectivity index (χ0n) is 8.56. The molecule has 4 nitrogen and oxygen atoms in total. The van der Waals surface area contributed by atoms with E-state index in [4.69, 9.17) is 4.74 Å². The second-order valence-corrected chi connectivity index (χ2v) is 5.44. The Morgan fingerprint density at radius 3 is 2.69 bits per heavy atom. The quantitative estimate of drug-likeness (QED) is 0.748. The van der Waals surface area contributed by atoms with Crippen LogP contribution in [-0.2, 0) is 11.3 Å². The minimum atomic E-state index is -0.213. The number of ether oxygens (including phenoxy) is 1. The van der Waals surface area contributed by atoms with Crippen molar-refractivity contribution < 1.29 is 4.74 Å². The molecule has 1 aromatic heterocycles. The highest BCUT2D eigenvalue weighted by Gasteiger charge is 2.02. The summed E-state index contributed by atoms with van der Waals surface area (Å²) in [6.07, 6.45) is 6.47. The molecule has 0 amide bonds. The van der Waals surface area contributed by atoms with Gasteiger partial charge < -0.3 is 4.74 Å². The highest BCUT2D eigenvalue weighted by atomic mass is 32.2. The summed E-state index contributed by atoms with van der Waals surface area (Å²) in [6, 6.07) is 0. The van der Waals surface area contributed by atoms with E-state index in [0.29, 0.717) is 6.61 Å². The van der Waals surface area contributed by atoms with Gasteiger partial charge in [0.25, 0.3) is 0 Å². The summed E-state index contributed by atoms with van der Waals surface area (Å²) >= 11 is -0.213. The summed E-state index contributed by atoms with van der Waals surface area (Å²) in [5.41, 5.74) is 0.907. The molecule has 0 saturated carbocycles. The molecule has 0 spiro atoms. The molecule has 0 aromatic carbocycles. The van der Waals surface area contributed by atoms with E-state index < -0.39 is 0 Å². The molecule has 0 N–H and O–H groups in total. The molecule has 0 unspecified atom stereocenters. The van der Waals surface area contributed by atoms with E-state index in [-0.39, 0.29) is 17.2 Å². The summed E-state index contributed by atoms with van der Waals surface area (Å²) in [5, 5.41) is 8.02. The van der Waals surface area contributed by atoms with Crippen molar-refractivity contribution in [3.8, 4) is 0 Å². The number of aromatic nitrogens is 3. The SMILES string of the molecule is CC(C)OCc1cn([SH](C)C)nn1. The second kappa shape index (κ2) is 4.62. The molecule has 0 fully saturated rings. The van der Waals surface area contributed by atoms with Crippen molar-refractivity contribution in [3.05, 3.63) is 11.9 Å². The smallest absolute Gasteiger partial charge is 0.109 e. The van der Waals surface area contributed by atoms with Gasteiger partial charge in [0.1, 0.15) is 5.69 Å². The first-order valence-corrected chi connectivity index (χ1v) is 6.49. The molecule has 1 heterocycles. The van der Waals surface area contributed by atoms with Gasteiger partial charge in [0.05, 0.1) is 18.9 Å². The van der Waals surface area contributed by atoms with E-state index in [1.807, 2.05) is 24.1 Å². The molecule has 76 valence electrons. The van der Waals surface area contributed by atoms with Crippen molar-refractivity contribution >= 4 is 11.1 Å². The lowest BCUT2D eigenvalue weighted by atomic mass is 10.4. The van der Waals surface area contributed by atoms with Crippen LogP contribution in [0.4, 0.5) is 0 Å². The van der Waals surface area contributed by atoms with Crippen LogP contribution in [0.1, 0.15) is 19.5 Å². The van der Waals surface area contributed by atoms with Gasteiger partial charge in [-0.05, 0) is 26.4 Å². The molecular weight excluding hydrogens is 186 g/mol. The third-order valence-corrected chi connectivity index (χ3v) is 2.52. The number of nitrogens with zero attached hydrogens (tertiary/aromatic N) is 3. The molecule has 0 atom stereocenters. The zero-order chi connectivity index (χ0) is 9.84. The fourth-order valence-corrected chi connectivity index (χ4v) is 1.37. The predicted molar refractivity (Wildman–Crippen MR) is 56.2 cm³/mol. The maximum Gasteiger partial charge on any atom is 0.109 e. The minimum Gasteiger partial charge on any atom is -0.372 e. The zero-order valence-corrected chi connectivity index (χ0v) is 9.45. The van der Waals surface area contributed by atoms with Crippen LogP contribution in [0.25, 0.3) is 0 Å². The molecule has 13 heavy (non-hydrogen) atoms. The average Bonchev–Trinajstić information content (AvgIpc) is 2.48. The van der Waals surface area contributed by atoms with Crippen molar-refractivity contribution in [1.82, 2.24) is 14.4 Å². The van der Waals surface area contributed by atoms with Crippen LogP contribution in [0.2, 0.25) is 0 Å². The summed E-state index contributed by atoms with van der Waals surface area (Å²) in [7, 11) is 0. The Kier molecular flexibility index (Phi) is 3.74. The van der Waals surface area contributed by atoms with Crippen molar-refractivity contribution in [1.29, 1.82) is 0 Å². The fraction of sp³-hybridized carbons (Fsp3) is 0.750. The molecular formula is C8H17N3OS. The number of thiol groups is 1. The van der Waals surface area contributed by atoms with E-state index in [0.717, 1.165) is 5.69 Å². The lowest BCUT2D eigenvalue weighted by molar-refractivity contribution is 0.0635. The van der Waals surface area contributed by atoms with E-state index in [1.165, 1.54) is 0 Å². The van der Waals surface area contributed by atoms with Crippen LogP contribution in [0.5, 0.6) is 0 Å². The van der Waals surface area contributed by atoms with Gasteiger partial charge in [-0.25, -0.2) is 4.09 Å². The van der Waals surface area contributed by atoms with E-state index >= 15 is 0 Å². The molecule has 0 aliphatic carbocycles. The van der Waals surface area contributed by atoms with Gasteiger partial charge in [0, 0.05) is 0 Å². The Morgan fingerprint density at radius 1 is 1.54 bits per heavy atom. The number of hydrogen-bond donors (Lipinski definition) is 1. The number of rotatable bonds is 4. The molecule has 0 aliphatic heterocycles. The lowest BCUT2D eigenvalue weighted by Crippen LogP contribution is -2.02. The maximum atomic E-state index is 5.41. The highest BCUT2D eigenvalue weighted by Crippen LogP contribution is 2.15. The number of hydrogen-bond acceptors (Lipinski definition) is 3. The summed E-state index contributed by atoms with van der Waals surface area (Å²) in [4.78, 5) is 0. The van der Waals surface area contributed by atoms with Gasteiger partial charge in [0.15, 0.2) is 0 Å². The van der Waals surface area contributed by atoms with Crippen LogP contribution in [0, 0.1) is 0 Å². The monoisotopic (exact) mass is 203 g/mol. The van der Waals surface area contributed by atoms with Gasteiger partial charge in [0.2, 0.25) is 0 Å². The van der Waals surface area contributed by atoms with Crippen LogP contribution in [-0.4, -0.2) is 33.0 Å². The Balaban J connectivity index is 2.49. The van der Waals surface area contributed by atoms with Crippen molar-refractivity contribution in [2.75, 3.05) is 12.5 Å². The molecule has 5 heteroatoms. The first kappa shape index (κ1) is 10.5. The third kappa shape index (κ3) is 3.36. The van der Waals surface area contributed by atoms with E-state index in [9.17, 15) is 0 Å². The Morgan fingerprint density at radius 2 is 2.23 bits per heavy atom. The third-order valence-electron chi connectivity index (χ3n) is 1.50. The fourth-order valence-electron chi connectivity index (χ4n) is 0.802. The van der Waals surface area contributed by atoms with E-state index in [1.54, 1.807) is 0 Å². The Hall–Kier alpha value is -0.550. The Bertz CT molecular complexity index is 260.